The SMILES string of the molecule is CC(C)CC(N)C(=O)O.O=C=NC(Cc1ccc(OCc2ccccc2)cc1)C(=O)O.O[B]O. The number of ether oxygens (including phenoxy) is 1. The van der Waals surface area contributed by atoms with E-state index in [0.29, 0.717) is 24.7 Å². The van der Waals surface area contributed by atoms with Gasteiger partial charge in [-0.05, 0) is 35.6 Å². The fraction of sp³-hybridized carbons (Fsp3) is 0.348. The number of nitrogens with zero attached hydrogens (tertiary/aromatic N) is 1. The number of isocyanates is 1. The van der Waals surface area contributed by atoms with Gasteiger partial charge in [0.25, 0.3) is 0 Å². The minimum atomic E-state index is -1.15. The molecule has 183 valence electrons. The molecule has 2 unspecified atom stereocenters. The standard InChI is InChI=1S/C17H15NO4.C6H13NO2.BH2O2/c19-12-18-16(17(20)21)10-13-6-8-15(9-7-13)22-11-14-4-2-1-3-5-14;1-4(2)3-5(7)6(8)9;2-1-3/h1-9,16H,10-11H2,(H,20,21);4-5H,3,7H2,1-2H3,(H,8,9);2-3H. The molecular formula is C23H30BN2O8. The third-order valence-electron chi connectivity index (χ3n) is 4.14. The summed E-state index contributed by atoms with van der Waals surface area (Å²) in [6.07, 6.45) is 1.98. The smallest absolute Gasteiger partial charge is 0.482 e. The van der Waals surface area contributed by atoms with Gasteiger partial charge in [0, 0.05) is 6.42 Å². The average Bonchev–Trinajstić information content (AvgIpc) is 2.79. The van der Waals surface area contributed by atoms with Crippen molar-refractivity contribution in [3.8, 4) is 5.75 Å². The van der Waals surface area contributed by atoms with Crippen LogP contribution < -0.4 is 10.5 Å². The van der Waals surface area contributed by atoms with Gasteiger partial charge in [-0.1, -0.05) is 56.3 Å². The first-order chi connectivity index (χ1) is 16.1. The molecule has 10 nitrogen and oxygen atoms in total. The maximum atomic E-state index is 10.9. The first-order valence-corrected chi connectivity index (χ1v) is 10.3. The highest BCUT2D eigenvalue weighted by molar-refractivity contribution is 6.13. The predicted molar refractivity (Wildman–Crippen MR) is 126 cm³/mol. The molecule has 0 aliphatic rings. The van der Waals surface area contributed by atoms with E-state index in [1.54, 1.807) is 24.3 Å². The van der Waals surface area contributed by atoms with E-state index in [4.69, 9.17) is 30.7 Å². The largest absolute Gasteiger partial charge is 0.489 e. The van der Waals surface area contributed by atoms with Crippen molar-refractivity contribution in [1.82, 2.24) is 0 Å². The Labute approximate surface area is 199 Å². The van der Waals surface area contributed by atoms with Crippen molar-refractivity contribution in [2.45, 2.75) is 45.4 Å². The van der Waals surface area contributed by atoms with E-state index < -0.39 is 24.0 Å². The molecule has 34 heavy (non-hydrogen) atoms. The Kier molecular flexibility index (Phi) is 16.1. The zero-order valence-electron chi connectivity index (χ0n) is 19.1. The maximum absolute atomic E-state index is 10.9. The lowest BCUT2D eigenvalue weighted by molar-refractivity contribution is -0.139. The number of carbonyl (C=O) groups is 2. The van der Waals surface area contributed by atoms with Crippen molar-refractivity contribution < 1.29 is 39.4 Å². The molecule has 11 heteroatoms. The van der Waals surface area contributed by atoms with Gasteiger partial charge in [0.2, 0.25) is 6.08 Å². The molecule has 0 bridgehead atoms. The number of benzene rings is 2. The van der Waals surface area contributed by atoms with Gasteiger partial charge in [-0.2, -0.15) is 4.99 Å². The number of carboxylic acids is 2. The van der Waals surface area contributed by atoms with Gasteiger partial charge >= 0.3 is 19.6 Å². The van der Waals surface area contributed by atoms with Crippen LogP contribution in [0.5, 0.6) is 5.75 Å². The van der Waals surface area contributed by atoms with Gasteiger partial charge in [-0.15, -0.1) is 0 Å². The summed E-state index contributed by atoms with van der Waals surface area (Å²) >= 11 is 0. The molecule has 0 aliphatic heterocycles. The molecule has 0 saturated heterocycles. The average molecular weight is 473 g/mol. The van der Waals surface area contributed by atoms with Gasteiger partial charge in [-0.3, -0.25) is 4.79 Å². The second kappa shape index (κ2) is 18.0. The van der Waals surface area contributed by atoms with Gasteiger partial charge in [-0.25, -0.2) is 9.59 Å². The molecule has 2 aromatic rings. The molecule has 2 atom stereocenters. The fourth-order valence-corrected chi connectivity index (χ4v) is 2.55. The van der Waals surface area contributed by atoms with Crippen LogP contribution in [-0.4, -0.2) is 58.0 Å². The molecule has 0 aliphatic carbocycles. The van der Waals surface area contributed by atoms with Gasteiger partial charge < -0.3 is 30.7 Å². The summed E-state index contributed by atoms with van der Waals surface area (Å²) in [5, 5.41) is 31.2. The third kappa shape index (κ3) is 14.5. The molecule has 0 amide bonds. The second-order valence-electron chi connectivity index (χ2n) is 7.39. The van der Waals surface area contributed by atoms with E-state index in [9.17, 15) is 14.4 Å². The molecule has 2 aromatic carbocycles. The first-order valence-electron chi connectivity index (χ1n) is 10.3. The van der Waals surface area contributed by atoms with Crippen molar-refractivity contribution in [1.29, 1.82) is 0 Å². The van der Waals surface area contributed by atoms with Crippen LogP contribution in [-0.2, 0) is 27.4 Å². The molecule has 0 aromatic heterocycles. The Morgan fingerprint density at radius 1 is 1.00 bits per heavy atom. The number of carboxylic acid groups (broad SMARTS) is 2. The van der Waals surface area contributed by atoms with Crippen LogP contribution in [0.15, 0.2) is 59.6 Å². The zero-order valence-corrected chi connectivity index (χ0v) is 19.1. The molecule has 6 N–H and O–H groups in total. The number of rotatable bonds is 10. The van der Waals surface area contributed by atoms with Crippen LogP contribution in [0.4, 0.5) is 0 Å². The summed E-state index contributed by atoms with van der Waals surface area (Å²) < 4.78 is 5.64. The number of hydrogen-bond acceptors (Lipinski definition) is 8. The van der Waals surface area contributed by atoms with Crippen molar-refractivity contribution in [2.75, 3.05) is 0 Å². The predicted octanol–water partition coefficient (Wildman–Crippen LogP) is 1.55. The quantitative estimate of drug-likeness (QED) is 0.194. The second-order valence-corrected chi connectivity index (χ2v) is 7.39. The van der Waals surface area contributed by atoms with E-state index in [1.165, 1.54) is 6.08 Å². The van der Waals surface area contributed by atoms with Crippen molar-refractivity contribution in [3.05, 3.63) is 65.7 Å². The molecule has 2 rings (SSSR count). The molecule has 0 spiro atoms. The number of carbonyl (C=O) groups excluding carboxylic acids is 1. The molecule has 0 heterocycles. The van der Waals surface area contributed by atoms with Gasteiger partial charge in [0.1, 0.15) is 18.4 Å². The molecule has 1 radical (unpaired) electrons. The highest BCUT2D eigenvalue weighted by Gasteiger charge is 2.16. The Morgan fingerprint density at radius 2 is 1.56 bits per heavy atom. The Morgan fingerprint density at radius 3 is 1.97 bits per heavy atom. The van der Waals surface area contributed by atoms with Crippen molar-refractivity contribution in [2.24, 2.45) is 16.6 Å². The molecule has 0 fully saturated rings. The number of aliphatic imine (C=N–C) groups is 1. The monoisotopic (exact) mass is 473 g/mol. The van der Waals surface area contributed by atoms with Crippen LogP contribution in [0.3, 0.4) is 0 Å². The van der Waals surface area contributed by atoms with Crippen LogP contribution >= 0.6 is 0 Å². The van der Waals surface area contributed by atoms with Gasteiger partial charge in [0.15, 0.2) is 6.04 Å². The summed E-state index contributed by atoms with van der Waals surface area (Å²) in [7, 11) is 0. The molecular weight excluding hydrogens is 443 g/mol. The normalized spacial score (nSPS) is 11.4. The van der Waals surface area contributed by atoms with Crippen molar-refractivity contribution >= 4 is 25.7 Å². The number of hydrogen-bond donors (Lipinski definition) is 5. The van der Waals surface area contributed by atoms with E-state index in [1.807, 2.05) is 44.2 Å². The lowest BCUT2D eigenvalue weighted by Gasteiger charge is -2.08. The van der Waals surface area contributed by atoms with Crippen LogP contribution in [0, 0.1) is 5.92 Å². The van der Waals surface area contributed by atoms with Crippen molar-refractivity contribution in [3.63, 3.8) is 0 Å². The highest BCUT2D eigenvalue weighted by atomic mass is 16.5. The summed E-state index contributed by atoms with van der Waals surface area (Å²) in [4.78, 5) is 34.5. The Bertz CT molecular complexity index is 886. The Hall–Kier alpha value is -3.50. The Balaban J connectivity index is 0.000000759. The van der Waals surface area contributed by atoms with Gasteiger partial charge in [0.05, 0.1) is 0 Å². The summed E-state index contributed by atoms with van der Waals surface area (Å²) in [5.41, 5.74) is 7.05. The summed E-state index contributed by atoms with van der Waals surface area (Å²) in [6, 6.07) is 15.0. The van der Waals surface area contributed by atoms with E-state index in [2.05, 4.69) is 4.99 Å². The maximum Gasteiger partial charge on any atom is 0.482 e. The zero-order chi connectivity index (χ0) is 25.9. The lowest BCUT2D eigenvalue weighted by atomic mass is 10.1. The van der Waals surface area contributed by atoms with Crippen LogP contribution in [0.25, 0.3) is 0 Å². The third-order valence-corrected chi connectivity index (χ3v) is 4.14. The van der Waals surface area contributed by atoms with Crippen LogP contribution in [0.2, 0.25) is 0 Å². The molecule has 0 saturated carbocycles. The topological polar surface area (TPSA) is 180 Å². The number of nitrogens with two attached hydrogens (primary N) is 1. The van der Waals surface area contributed by atoms with E-state index in [0.717, 1.165) is 11.1 Å². The lowest BCUT2D eigenvalue weighted by Crippen LogP contribution is -2.31. The highest BCUT2D eigenvalue weighted by Crippen LogP contribution is 2.16. The van der Waals surface area contributed by atoms with Crippen LogP contribution in [0.1, 0.15) is 31.4 Å². The minimum Gasteiger partial charge on any atom is -0.489 e. The number of aliphatic carboxylic acids is 2. The summed E-state index contributed by atoms with van der Waals surface area (Å²) in [5.74, 6) is -1.01. The fourth-order valence-electron chi connectivity index (χ4n) is 2.55. The first kappa shape index (κ1) is 30.5. The van der Waals surface area contributed by atoms with E-state index in [-0.39, 0.29) is 14.1 Å². The van der Waals surface area contributed by atoms with E-state index >= 15 is 0 Å². The summed E-state index contributed by atoms with van der Waals surface area (Å²) in [6.45, 7) is 4.36. The minimum absolute atomic E-state index is 0.